The highest BCUT2D eigenvalue weighted by atomic mass is 16.5. The molecule has 4 rings (SSSR count). The first-order chi connectivity index (χ1) is 14.0. The molecule has 0 atom stereocenters. The first kappa shape index (κ1) is 18.6. The van der Waals surface area contributed by atoms with E-state index in [2.05, 4.69) is 4.98 Å². The van der Waals surface area contributed by atoms with Gasteiger partial charge in [-0.15, -0.1) is 0 Å². The number of fused-ring (bicyclic) bond motifs is 1. The van der Waals surface area contributed by atoms with Gasteiger partial charge in [-0.3, -0.25) is 4.98 Å². The maximum atomic E-state index is 10.2. The molecule has 0 aliphatic carbocycles. The lowest BCUT2D eigenvalue weighted by molar-refractivity contribution is 0.340. The second-order valence-corrected chi connectivity index (χ2v) is 6.68. The summed E-state index contributed by atoms with van der Waals surface area (Å²) in [6.07, 6.45) is 3.51. The van der Waals surface area contributed by atoms with Crippen molar-refractivity contribution < 1.29 is 19.7 Å². The average molecular weight is 388 g/mol. The van der Waals surface area contributed by atoms with E-state index in [1.165, 1.54) is 14.2 Å². The number of benzene rings is 2. The summed E-state index contributed by atoms with van der Waals surface area (Å²) in [5, 5.41) is 21.3. The molecule has 0 aliphatic rings. The predicted octanol–water partition coefficient (Wildman–Crippen LogP) is 4.70. The van der Waals surface area contributed by atoms with Crippen molar-refractivity contribution >= 4 is 10.9 Å². The minimum atomic E-state index is -0.0692. The van der Waals surface area contributed by atoms with Crippen molar-refractivity contribution in [2.45, 2.75) is 6.92 Å². The molecule has 2 aromatic carbocycles. The summed E-state index contributed by atoms with van der Waals surface area (Å²) in [6.45, 7) is 1.85. The molecule has 0 saturated heterocycles. The fourth-order valence-electron chi connectivity index (χ4n) is 3.32. The zero-order valence-electron chi connectivity index (χ0n) is 16.3. The Bertz CT molecular complexity index is 1180. The Balaban J connectivity index is 2.03. The van der Waals surface area contributed by atoms with Gasteiger partial charge in [0.05, 0.1) is 25.4 Å². The number of nitrogens with zero attached hydrogens (tertiary/aromatic N) is 2. The molecule has 0 unspecified atom stereocenters. The smallest absolute Gasteiger partial charge is 0.200 e. The van der Waals surface area contributed by atoms with Gasteiger partial charge in [0, 0.05) is 35.0 Å². The van der Waals surface area contributed by atoms with Gasteiger partial charge in [-0.2, -0.15) is 0 Å². The van der Waals surface area contributed by atoms with Gasteiger partial charge in [-0.25, -0.2) is 4.98 Å². The highest BCUT2D eigenvalue weighted by Gasteiger charge is 2.16. The first-order valence-electron chi connectivity index (χ1n) is 9.02. The Labute approximate surface area is 168 Å². The second-order valence-electron chi connectivity index (χ2n) is 6.68. The third kappa shape index (κ3) is 3.29. The first-order valence-corrected chi connectivity index (χ1v) is 9.02. The van der Waals surface area contributed by atoms with Crippen molar-refractivity contribution in [2.75, 3.05) is 14.2 Å². The molecule has 0 aliphatic heterocycles. The number of ether oxygens (including phenoxy) is 2. The number of aromatic hydroxyl groups is 2. The lowest BCUT2D eigenvalue weighted by Crippen LogP contribution is -1.94. The molecular formula is C23H20N2O4. The highest BCUT2D eigenvalue weighted by Crippen LogP contribution is 2.41. The number of rotatable bonds is 4. The van der Waals surface area contributed by atoms with Crippen molar-refractivity contribution in [3.63, 3.8) is 0 Å². The van der Waals surface area contributed by atoms with Crippen LogP contribution in [-0.2, 0) is 0 Å². The quantitative estimate of drug-likeness (QED) is 0.527. The lowest BCUT2D eigenvalue weighted by Gasteiger charge is -2.14. The van der Waals surface area contributed by atoms with Crippen LogP contribution in [0, 0.1) is 6.92 Å². The molecule has 6 heteroatoms. The number of phenols is 2. The average Bonchev–Trinajstić information content (AvgIpc) is 2.74. The van der Waals surface area contributed by atoms with E-state index in [1.807, 2.05) is 31.2 Å². The zero-order valence-corrected chi connectivity index (χ0v) is 16.3. The van der Waals surface area contributed by atoms with Crippen LogP contribution in [0.4, 0.5) is 0 Å². The van der Waals surface area contributed by atoms with Crippen LogP contribution in [-0.4, -0.2) is 34.4 Å². The maximum absolute atomic E-state index is 10.2. The predicted molar refractivity (Wildman–Crippen MR) is 112 cm³/mol. The molecule has 2 aromatic heterocycles. The van der Waals surface area contributed by atoms with Gasteiger partial charge in [0.15, 0.2) is 11.5 Å². The summed E-state index contributed by atoms with van der Waals surface area (Å²) < 4.78 is 10.6. The van der Waals surface area contributed by atoms with Gasteiger partial charge in [-0.05, 0) is 48.4 Å². The van der Waals surface area contributed by atoms with Crippen molar-refractivity contribution in [1.29, 1.82) is 0 Å². The van der Waals surface area contributed by atoms with Crippen molar-refractivity contribution in [1.82, 2.24) is 9.97 Å². The fourth-order valence-corrected chi connectivity index (χ4v) is 3.32. The van der Waals surface area contributed by atoms with E-state index in [4.69, 9.17) is 14.5 Å². The number of methoxy groups -OCH3 is 2. The number of hydrogen-bond acceptors (Lipinski definition) is 6. The number of hydrogen-bond donors (Lipinski definition) is 2. The van der Waals surface area contributed by atoms with Crippen molar-refractivity contribution in [3.8, 4) is 45.4 Å². The highest BCUT2D eigenvalue weighted by molar-refractivity contribution is 5.97. The molecule has 29 heavy (non-hydrogen) atoms. The van der Waals surface area contributed by atoms with Crippen LogP contribution in [0.15, 0.2) is 54.9 Å². The van der Waals surface area contributed by atoms with E-state index in [9.17, 15) is 10.2 Å². The Morgan fingerprint density at radius 2 is 1.62 bits per heavy atom. The summed E-state index contributed by atoms with van der Waals surface area (Å²) in [6, 6.07) is 12.8. The molecule has 0 saturated carbocycles. The third-order valence-corrected chi connectivity index (χ3v) is 4.87. The standard InChI is InChI=1S/C23H20N2O4/c1-13-7-17-16(14-5-4-6-24-12-14)10-18(25-19(17)11-20(13)26)15-8-21(28-2)23(27)22(9-15)29-3/h4-12,26-27H,1-3H3. The molecular weight excluding hydrogens is 368 g/mol. The van der Waals surface area contributed by atoms with Gasteiger partial charge in [0.2, 0.25) is 5.75 Å². The molecule has 2 heterocycles. The topological polar surface area (TPSA) is 84.7 Å². The molecule has 146 valence electrons. The monoisotopic (exact) mass is 388 g/mol. The molecule has 0 fully saturated rings. The van der Waals surface area contributed by atoms with Crippen LogP contribution in [0.5, 0.6) is 23.0 Å². The van der Waals surface area contributed by atoms with E-state index in [1.54, 1.807) is 30.6 Å². The van der Waals surface area contributed by atoms with Gasteiger partial charge in [0.25, 0.3) is 0 Å². The van der Waals surface area contributed by atoms with Crippen LogP contribution in [0.25, 0.3) is 33.3 Å². The Hall–Kier alpha value is -3.80. The Morgan fingerprint density at radius 3 is 2.24 bits per heavy atom. The molecule has 4 aromatic rings. The molecule has 0 bridgehead atoms. The summed E-state index contributed by atoms with van der Waals surface area (Å²) in [5.41, 5.74) is 4.65. The minimum absolute atomic E-state index is 0.0692. The van der Waals surface area contributed by atoms with Gasteiger partial charge in [0.1, 0.15) is 5.75 Å². The van der Waals surface area contributed by atoms with Crippen LogP contribution in [0.3, 0.4) is 0 Å². The van der Waals surface area contributed by atoms with E-state index in [0.29, 0.717) is 16.8 Å². The van der Waals surface area contributed by atoms with Crippen molar-refractivity contribution in [2.24, 2.45) is 0 Å². The molecule has 6 nitrogen and oxygen atoms in total. The Morgan fingerprint density at radius 1 is 0.897 bits per heavy atom. The van der Waals surface area contributed by atoms with Gasteiger partial charge >= 0.3 is 0 Å². The number of pyridine rings is 2. The van der Waals surface area contributed by atoms with Gasteiger partial charge < -0.3 is 19.7 Å². The SMILES string of the molecule is COc1cc(-c2cc(-c3cccnc3)c3cc(C)c(O)cc3n2)cc(OC)c1O. The van der Waals surface area contributed by atoms with Crippen LogP contribution < -0.4 is 9.47 Å². The molecule has 2 N–H and O–H groups in total. The largest absolute Gasteiger partial charge is 0.508 e. The van der Waals surface area contributed by atoms with Crippen LogP contribution in [0.1, 0.15) is 5.56 Å². The van der Waals surface area contributed by atoms with Crippen LogP contribution >= 0.6 is 0 Å². The lowest BCUT2D eigenvalue weighted by atomic mass is 9.97. The Kier molecular flexibility index (Phi) is 4.68. The van der Waals surface area contributed by atoms with Crippen molar-refractivity contribution in [3.05, 3.63) is 60.4 Å². The van der Waals surface area contributed by atoms with E-state index in [-0.39, 0.29) is 23.0 Å². The molecule has 0 radical (unpaired) electrons. The number of aromatic nitrogens is 2. The minimum Gasteiger partial charge on any atom is -0.508 e. The van der Waals surface area contributed by atoms with E-state index >= 15 is 0 Å². The summed E-state index contributed by atoms with van der Waals surface area (Å²) in [4.78, 5) is 8.97. The zero-order chi connectivity index (χ0) is 20.5. The summed E-state index contributed by atoms with van der Waals surface area (Å²) >= 11 is 0. The fraction of sp³-hybridized carbons (Fsp3) is 0.130. The second kappa shape index (κ2) is 7.31. The van der Waals surface area contributed by atoms with Crippen LogP contribution in [0.2, 0.25) is 0 Å². The summed E-state index contributed by atoms with van der Waals surface area (Å²) in [7, 11) is 2.96. The maximum Gasteiger partial charge on any atom is 0.200 e. The third-order valence-electron chi connectivity index (χ3n) is 4.87. The molecule has 0 amide bonds. The van der Waals surface area contributed by atoms with E-state index < -0.39 is 0 Å². The molecule has 0 spiro atoms. The summed E-state index contributed by atoms with van der Waals surface area (Å²) in [5.74, 6) is 0.687. The van der Waals surface area contributed by atoms with Gasteiger partial charge in [-0.1, -0.05) is 6.07 Å². The van der Waals surface area contributed by atoms with E-state index in [0.717, 1.165) is 22.1 Å². The normalized spacial score (nSPS) is 10.9. The number of aryl methyl sites for hydroxylation is 1. The number of phenolic OH excluding ortho intramolecular Hbond substituents is 2.